The fourth-order valence-corrected chi connectivity index (χ4v) is 3.19. The molecule has 1 saturated carbocycles. The molecule has 0 bridgehead atoms. The van der Waals surface area contributed by atoms with Crippen molar-refractivity contribution >= 4 is 17.0 Å². The maximum atomic E-state index is 6.14. The molecule has 3 aromatic rings. The number of fused-ring (bicyclic) bond motifs is 1. The highest BCUT2D eigenvalue weighted by molar-refractivity contribution is 5.81. The SMILES string of the molecule is c1cc(CNc2ncnc3nc[nH]c23)cc(OC2CCCCC2)c1. The van der Waals surface area contributed by atoms with Gasteiger partial charge in [0.25, 0.3) is 0 Å². The van der Waals surface area contributed by atoms with Gasteiger partial charge < -0.3 is 15.0 Å². The molecule has 2 aromatic heterocycles. The summed E-state index contributed by atoms with van der Waals surface area (Å²) in [6.07, 6.45) is 9.75. The second-order valence-electron chi connectivity index (χ2n) is 6.20. The van der Waals surface area contributed by atoms with E-state index in [4.69, 9.17) is 4.74 Å². The van der Waals surface area contributed by atoms with Crippen LogP contribution in [0.3, 0.4) is 0 Å². The molecule has 1 aliphatic carbocycles. The highest BCUT2D eigenvalue weighted by Gasteiger charge is 2.14. The van der Waals surface area contributed by atoms with Gasteiger partial charge in [-0.15, -0.1) is 0 Å². The van der Waals surface area contributed by atoms with E-state index in [2.05, 4.69) is 37.4 Å². The number of rotatable bonds is 5. The molecule has 0 unspecified atom stereocenters. The van der Waals surface area contributed by atoms with Gasteiger partial charge in [-0.25, -0.2) is 15.0 Å². The molecule has 2 heterocycles. The van der Waals surface area contributed by atoms with E-state index < -0.39 is 0 Å². The number of anilines is 1. The van der Waals surface area contributed by atoms with E-state index in [0.717, 1.165) is 22.6 Å². The zero-order valence-electron chi connectivity index (χ0n) is 13.5. The van der Waals surface area contributed by atoms with Crippen molar-refractivity contribution in [3.63, 3.8) is 0 Å². The van der Waals surface area contributed by atoms with Crippen LogP contribution in [0.25, 0.3) is 11.2 Å². The van der Waals surface area contributed by atoms with Gasteiger partial charge in [0.05, 0.1) is 12.4 Å². The van der Waals surface area contributed by atoms with Crippen LogP contribution in [0.1, 0.15) is 37.7 Å². The molecule has 6 heteroatoms. The Labute approximate surface area is 140 Å². The number of H-pyrrole nitrogens is 1. The predicted octanol–water partition coefficient (Wildman–Crippen LogP) is 3.68. The number of nitrogens with one attached hydrogen (secondary N) is 2. The van der Waals surface area contributed by atoms with Crippen LogP contribution in [0.15, 0.2) is 36.9 Å². The first kappa shape index (κ1) is 14.9. The van der Waals surface area contributed by atoms with Gasteiger partial charge in [0.2, 0.25) is 0 Å². The summed E-state index contributed by atoms with van der Waals surface area (Å²) in [4.78, 5) is 15.6. The van der Waals surface area contributed by atoms with Crippen LogP contribution in [0.4, 0.5) is 5.82 Å². The lowest BCUT2D eigenvalue weighted by molar-refractivity contribution is 0.155. The van der Waals surface area contributed by atoms with Crippen molar-refractivity contribution < 1.29 is 4.74 Å². The Bertz CT molecular complexity index is 810. The number of imidazole rings is 1. The van der Waals surface area contributed by atoms with Crippen molar-refractivity contribution in [3.8, 4) is 5.75 Å². The molecule has 0 aliphatic heterocycles. The Hall–Kier alpha value is -2.63. The first-order chi connectivity index (χ1) is 11.9. The zero-order chi connectivity index (χ0) is 16.2. The summed E-state index contributed by atoms with van der Waals surface area (Å²) < 4.78 is 6.14. The van der Waals surface area contributed by atoms with E-state index in [0.29, 0.717) is 18.3 Å². The summed E-state index contributed by atoms with van der Waals surface area (Å²) in [6, 6.07) is 8.27. The average molecular weight is 323 g/mol. The van der Waals surface area contributed by atoms with Gasteiger partial charge in [0, 0.05) is 6.54 Å². The van der Waals surface area contributed by atoms with Crippen LogP contribution < -0.4 is 10.1 Å². The highest BCUT2D eigenvalue weighted by atomic mass is 16.5. The monoisotopic (exact) mass is 323 g/mol. The summed E-state index contributed by atoms with van der Waals surface area (Å²) in [6.45, 7) is 0.674. The van der Waals surface area contributed by atoms with Crippen molar-refractivity contribution in [3.05, 3.63) is 42.5 Å². The minimum absolute atomic E-state index is 0.369. The minimum atomic E-state index is 0.369. The fraction of sp³-hybridized carbons (Fsp3) is 0.389. The lowest BCUT2D eigenvalue weighted by Gasteiger charge is -2.23. The average Bonchev–Trinajstić information content (AvgIpc) is 3.10. The van der Waals surface area contributed by atoms with Crippen LogP contribution in [-0.4, -0.2) is 26.0 Å². The molecule has 1 aromatic carbocycles. The maximum Gasteiger partial charge on any atom is 0.182 e. The Morgan fingerprint density at radius 3 is 2.96 bits per heavy atom. The molecule has 1 fully saturated rings. The number of aromatic nitrogens is 4. The molecule has 0 saturated heterocycles. The van der Waals surface area contributed by atoms with Crippen LogP contribution in [-0.2, 0) is 6.54 Å². The lowest BCUT2D eigenvalue weighted by Crippen LogP contribution is -2.19. The van der Waals surface area contributed by atoms with Crippen molar-refractivity contribution in [2.24, 2.45) is 0 Å². The normalized spacial score (nSPS) is 15.5. The van der Waals surface area contributed by atoms with E-state index in [1.807, 2.05) is 12.1 Å². The van der Waals surface area contributed by atoms with E-state index in [-0.39, 0.29) is 0 Å². The molecule has 0 radical (unpaired) electrons. The molecule has 6 nitrogen and oxygen atoms in total. The van der Waals surface area contributed by atoms with Gasteiger partial charge >= 0.3 is 0 Å². The molecule has 0 spiro atoms. The molecule has 2 N–H and O–H groups in total. The molecule has 24 heavy (non-hydrogen) atoms. The first-order valence-electron chi connectivity index (χ1n) is 8.52. The number of ether oxygens (including phenoxy) is 1. The fourth-order valence-electron chi connectivity index (χ4n) is 3.19. The van der Waals surface area contributed by atoms with Crippen molar-refractivity contribution in [1.29, 1.82) is 0 Å². The number of hydrogen-bond donors (Lipinski definition) is 2. The summed E-state index contributed by atoms with van der Waals surface area (Å²) in [7, 11) is 0. The standard InChI is InChI=1S/C18H21N5O/c1-2-6-14(7-3-1)24-15-8-4-5-13(9-15)10-19-17-16-18(21-11-20-16)23-12-22-17/h4-5,8-9,11-12,14H,1-3,6-7,10H2,(H2,19,20,21,22,23). The Morgan fingerprint density at radius 1 is 1.12 bits per heavy atom. The van der Waals surface area contributed by atoms with Gasteiger partial charge in [-0.1, -0.05) is 18.6 Å². The van der Waals surface area contributed by atoms with Gasteiger partial charge in [0.1, 0.15) is 17.6 Å². The second kappa shape index (κ2) is 6.86. The third-order valence-electron chi connectivity index (χ3n) is 4.44. The largest absolute Gasteiger partial charge is 0.490 e. The van der Waals surface area contributed by atoms with Crippen LogP contribution >= 0.6 is 0 Å². The van der Waals surface area contributed by atoms with Gasteiger partial charge in [0.15, 0.2) is 11.5 Å². The number of benzene rings is 1. The smallest absolute Gasteiger partial charge is 0.182 e. The minimum Gasteiger partial charge on any atom is -0.490 e. The summed E-state index contributed by atoms with van der Waals surface area (Å²) >= 11 is 0. The highest BCUT2D eigenvalue weighted by Crippen LogP contribution is 2.24. The topological polar surface area (TPSA) is 75.7 Å². The van der Waals surface area contributed by atoms with Crippen molar-refractivity contribution in [1.82, 2.24) is 19.9 Å². The third-order valence-corrected chi connectivity index (χ3v) is 4.44. The Morgan fingerprint density at radius 2 is 2.04 bits per heavy atom. The molecule has 0 atom stereocenters. The lowest BCUT2D eigenvalue weighted by atomic mass is 9.98. The van der Waals surface area contributed by atoms with Crippen LogP contribution in [0, 0.1) is 0 Å². The molecule has 1 aliphatic rings. The van der Waals surface area contributed by atoms with E-state index in [1.165, 1.54) is 38.4 Å². The molecular formula is C18H21N5O. The zero-order valence-corrected chi connectivity index (χ0v) is 13.5. The molecule has 124 valence electrons. The molecule has 0 amide bonds. The maximum absolute atomic E-state index is 6.14. The first-order valence-corrected chi connectivity index (χ1v) is 8.52. The van der Waals surface area contributed by atoms with Crippen LogP contribution in [0.5, 0.6) is 5.75 Å². The molecular weight excluding hydrogens is 302 g/mol. The Kier molecular flexibility index (Phi) is 4.27. The summed E-state index contributed by atoms with van der Waals surface area (Å²) in [5.74, 6) is 1.71. The molecule has 4 rings (SSSR count). The quantitative estimate of drug-likeness (QED) is 0.749. The summed E-state index contributed by atoms with van der Waals surface area (Å²) in [5.41, 5.74) is 2.66. The number of aromatic amines is 1. The second-order valence-corrected chi connectivity index (χ2v) is 6.20. The van der Waals surface area contributed by atoms with E-state index in [1.54, 1.807) is 6.33 Å². The van der Waals surface area contributed by atoms with E-state index >= 15 is 0 Å². The Balaban J connectivity index is 1.43. The van der Waals surface area contributed by atoms with Crippen molar-refractivity contribution in [2.45, 2.75) is 44.8 Å². The third kappa shape index (κ3) is 3.32. The number of hydrogen-bond acceptors (Lipinski definition) is 5. The predicted molar refractivity (Wildman–Crippen MR) is 93.0 cm³/mol. The van der Waals surface area contributed by atoms with Crippen LogP contribution in [0.2, 0.25) is 0 Å². The van der Waals surface area contributed by atoms with Gasteiger partial charge in [-0.05, 0) is 43.4 Å². The number of nitrogens with zero attached hydrogens (tertiary/aromatic N) is 3. The van der Waals surface area contributed by atoms with Gasteiger partial charge in [-0.3, -0.25) is 0 Å². The van der Waals surface area contributed by atoms with Crippen molar-refractivity contribution in [2.75, 3.05) is 5.32 Å². The summed E-state index contributed by atoms with van der Waals surface area (Å²) in [5, 5.41) is 3.34. The van der Waals surface area contributed by atoms with E-state index in [9.17, 15) is 0 Å². The van der Waals surface area contributed by atoms with Gasteiger partial charge in [-0.2, -0.15) is 0 Å².